The Labute approximate surface area is 88.1 Å². The SMILES string of the molecule is NC(=O)c1cncnc1C1CCCNC1. The predicted octanol–water partition coefficient (Wildman–Crippen LogP) is 0.0425. The summed E-state index contributed by atoms with van der Waals surface area (Å²) in [5.41, 5.74) is 6.51. The first-order valence-corrected chi connectivity index (χ1v) is 5.09. The van der Waals surface area contributed by atoms with Crippen molar-refractivity contribution in [1.29, 1.82) is 0 Å². The van der Waals surface area contributed by atoms with Crippen molar-refractivity contribution in [2.24, 2.45) is 5.73 Å². The maximum atomic E-state index is 11.2. The maximum absolute atomic E-state index is 11.2. The first-order valence-electron chi connectivity index (χ1n) is 5.09. The van der Waals surface area contributed by atoms with Crippen molar-refractivity contribution >= 4 is 5.91 Å². The van der Waals surface area contributed by atoms with E-state index >= 15 is 0 Å². The van der Waals surface area contributed by atoms with Crippen molar-refractivity contribution in [2.45, 2.75) is 18.8 Å². The summed E-state index contributed by atoms with van der Waals surface area (Å²) in [5, 5.41) is 3.29. The smallest absolute Gasteiger partial charge is 0.252 e. The highest BCUT2D eigenvalue weighted by Gasteiger charge is 2.21. The minimum atomic E-state index is -0.448. The molecule has 15 heavy (non-hydrogen) atoms. The van der Waals surface area contributed by atoms with E-state index in [0.29, 0.717) is 5.56 Å². The van der Waals surface area contributed by atoms with Gasteiger partial charge in [0.1, 0.15) is 6.33 Å². The highest BCUT2D eigenvalue weighted by atomic mass is 16.1. The summed E-state index contributed by atoms with van der Waals surface area (Å²) < 4.78 is 0. The fourth-order valence-electron chi connectivity index (χ4n) is 1.94. The highest BCUT2D eigenvalue weighted by Crippen LogP contribution is 2.23. The average molecular weight is 206 g/mol. The fourth-order valence-corrected chi connectivity index (χ4v) is 1.94. The van der Waals surface area contributed by atoms with Gasteiger partial charge in [-0.25, -0.2) is 9.97 Å². The third kappa shape index (κ3) is 2.12. The number of carbonyl (C=O) groups excluding carboxylic acids is 1. The first kappa shape index (κ1) is 10.0. The van der Waals surface area contributed by atoms with Crippen LogP contribution >= 0.6 is 0 Å². The van der Waals surface area contributed by atoms with Gasteiger partial charge >= 0.3 is 0 Å². The van der Waals surface area contributed by atoms with Crippen molar-refractivity contribution in [1.82, 2.24) is 15.3 Å². The van der Waals surface area contributed by atoms with Gasteiger partial charge in [-0.3, -0.25) is 4.79 Å². The third-order valence-electron chi connectivity index (χ3n) is 2.69. The highest BCUT2D eigenvalue weighted by molar-refractivity contribution is 5.93. The zero-order chi connectivity index (χ0) is 10.7. The number of carbonyl (C=O) groups is 1. The largest absolute Gasteiger partial charge is 0.365 e. The second-order valence-corrected chi connectivity index (χ2v) is 3.73. The summed E-state index contributed by atoms with van der Waals surface area (Å²) in [6.07, 6.45) is 5.12. The zero-order valence-corrected chi connectivity index (χ0v) is 8.44. The molecule has 0 bridgehead atoms. The van der Waals surface area contributed by atoms with Crippen LogP contribution in [0.4, 0.5) is 0 Å². The van der Waals surface area contributed by atoms with Gasteiger partial charge in [-0.2, -0.15) is 0 Å². The Hall–Kier alpha value is -1.49. The molecule has 1 aromatic rings. The van der Waals surface area contributed by atoms with Crippen molar-refractivity contribution in [2.75, 3.05) is 13.1 Å². The number of hydrogen-bond donors (Lipinski definition) is 2. The summed E-state index contributed by atoms with van der Waals surface area (Å²) in [6.45, 7) is 1.89. The monoisotopic (exact) mass is 206 g/mol. The van der Waals surface area contributed by atoms with Crippen molar-refractivity contribution in [3.8, 4) is 0 Å². The Bertz CT molecular complexity index is 360. The van der Waals surface area contributed by atoms with E-state index in [1.807, 2.05) is 0 Å². The molecular weight excluding hydrogens is 192 g/mol. The minimum absolute atomic E-state index is 0.282. The van der Waals surface area contributed by atoms with Gasteiger partial charge < -0.3 is 11.1 Å². The molecule has 2 heterocycles. The van der Waals surface area contributed by atoms with E-state index in [1.165, 1.54) is 12.5 Å². The van der Waals surface area contributed by atoms with Crippen molar-refractivity contribution < 1.29 is 4.79 Å². The van der Waals surface area contributed by atoms with Gasteiger partial charge in [-0.05, 0) is 19.4 Å². The summed E-state index contributed by atoms with van der Waals surface area (Å²) in [6, 6.07) is 0. The third-order valence-corrected chi connectivity index (χ3v) is 2.69. The lowest BCUT2D eigenvalue weighted by atomic mass is 9.93. The van der Waals surface area contributed by atoms with Crippen LogP contribution in [0, 0.1) is 0 Å². The number of nitrogens with two attached hydrogens (primary N) is 1. The topological polar surface area (TPSA) is 80.9 Å². The van der Waals surface area contributed by atoms with E-state index in [0.717, 1.165) is 31.6 Å². The molecule has 0 aromatic carbocycles. The van der Waals surface area contributed by atoms with Gasteiger partial charge in [0, 0.05) is 18.7 Å². The minimum Gasteiger partial charge on any atom is -0.365 e. The van der Waals surface area contributed by atoms with Gasteiger partial charge in [0.25, 0.3) is 5.91 Å². The molecule has 0 spiro atoms. The lowest BCUT2D eigenvalue weighted by molar-refractivity contribution is 0.0998. The van der Waals surface area contributed by atoms with Crippen LogP contribution in [0.5, 0.6) is 0 Å². The van der Waals surface area contributed by atoms with Crippen LogP contribution < -0.4 is 11.1 Å². The normalized spacial score (nSPS) is 21.2. The van der Waals surface area contributed by atoms with E-state index in [1.54, 1.807) is 0 Å². The van der Waals surface area contributed by atoms with E-state index in [2.05, 4.69) is 15.3 Å². The lowest BCUT2D eigenvalue weighted by Crippen LogP contribution is -2.30. The lowest BCUT2D eigenvalue weighted by Gasteiger charge is -2.23. The molecule has 2 rings (SSSR count). The molecule has 1 aliphatic rings. The molecule has 1 unspecified atom stereocenters. The average Bonchev–Trinajstić information content (AvgIpc) is 2.30. The Morgan fingerprint density at radius 1 is 1.60 bits per heavy atom. The van der Waals surface area contributed by atoms with E-state index in [4.69, 9.17) is 5.73 Å². The summed E-state index contributed by atoms with van der Waals surface area (Å²) in [5.74, 6) is -0.166. The van der Waals surface area contributed by atoms with Crippen LogP contribution in [-0.4, -0.2) is 29.0 Å². The van der Waals surface area contributed by atoms with Crippen LogP contribution in [-0.2, 0) is 0 Å². The molecule has 1 saturated heterocycles. The molecule has 1 aliphatic heterocycles. The van der Waals surface area contributed by atoms with Gasteiger partial charge in [-0.1, -0.05) is 0 Å². The van der Waals surface area contributed by atoms with Crippen LogP contribution in [0.15, 0.2) is 12.5 Å². The van der Waals surface area contributed by atoms with Gasteiger partial charge in [-0.15, -0.1) is 0 Å². The molecule has 0 saturated carbocycles. The Morgan fingerprint density at radius 2 is 2.47 bits per heavy atom. The molecule has 5 nitrogen and oxygen atoms in total. The van der Waals surface area contributed by atoms with Gasteiger partial charge in [0.05, 0.1) is 11.3 Å². The van der Waals surface area contributed by atoms with Crippen molar-refractivity contribution in [3.05, 3.63) is 23.8 Å². The molecule has 1 aromatic heterocycles. The van der Waals surface area contributed by atoms with Crippen LogP contribution in [0.3, 0.4) is 0 Å². The molecule has 3 N–H and O–H groups in total. The molecular formula is C10H14N4O. The second kappa shape index (κ2) is 4.35. The number of rotatable bonds is 2. The number of piperidine rings is 1. The molecule has 0 aliphatic carbocycles. The maximum Gasteiger partial charge on any atom is 0.252 e. The van der Waals surface area contributed by atoms with Crippen LogP contribution in [0.1, 0.15) is 34.8 Å². The number of hydrogen-bond acceptors (Lipinski definition) is 4. The Morgan fingerprint density at radius 3 is 3.13 bits per heavy atom. The summed E-state index contributed by atoms with van der Waals surface area (Å²) in [7, 11) is 0. The predicted molar refractivity (Wildman–Crippen MR) is 55.4 cm³/mol. The molecule has 5 heteroatoms. The van der Waals surface area contributed by atoms with Gasteiger partial charge in [0.2, 0.25) is 0 Å². The number of primary amides is 1. The standard InChI is InChI=1S/C10H14N4O/c11-10(15)8-5-13-6-14-9(8)7-2-1-3-12-4-7/h5-7,12H,1-4H2,(H2,11,15). The molecule has 1 amide bonds. The quantitative estimate of drug-likeness (QED) is 0.716. The summed E-state index contributed by atoms with van der Waals surface area (Å²) >= 11 is 0. The van der Waals surface area contributed by atoms with Crippen LogP contribution in [0.25, 0.3) is 0 Å². The van der Waals surface area contributed by atoms with Gasteiger partial charge in [0.15, 0.2) is 0 Å². The summed E-state index contributed by atoms with van der Waals surface area (Å²) in [4.78, 5) is 19.2. The van der Waals surface area contributed by atoms with E-state index in [9.17, 15) is 4.79 Å². The van der Waals surface area contributed by atoms with Crippen LogP contribution in [0.2, 0.25) is 0 Å². The van der Waals surface area contributed by atoms with E-state index < -0.39 is 5.91 Å². The number of amides is 1. The fraction of sp³-hybridized carbons (Fsp3) is 0.500. The van der Waals surface area contributed by atoms with Crippen molar-refractivity contribution in [3.63, 3.8) is 0 Å². The Balaban J connectivity index is 2.29. The first-order chi connectivity index (χ1) is 7.29. The molecule has 1 atom stereocenters. The Kier molecular flexibility index (Phi) is 2.91. The zero-order valence-electron chi connectivity index (χ0n) is 8.44. The molecule has 1 fully saturated rings. The second-order valence-electron chi connectivity index (χ2n) is 3.73. The molecule has 80 valence electrons. The number of nitrogens with zero attached hydrogens (tertiary/aromatic N) is 2. The number of nitrogens with one attached hydrogen (secondary N) is 1. The number of aromatic nitrogens is 2. The molecule has 0 radical (unpaired) electrons. The van der Waals surface area contributed by atoms with E-state index in [-0.39, 0.29) is 5.92 Å².